The van der Waals surface area contributed by atoms with Crippen LogP contribution in [0.2, 0.25) is 0 Å². The van der Waals surface area contributed by atoms with Crippen molar-refractivity contribution in [3.8, 4) is 0 Å². The second-order valence-electron chi connectivity index (χ2n) is 4.42. The lowest BCUT2D eigenvalue weighted by molar-refractivity contribution is -0.0384. The third-order valence-electron chi connectivity index (χ3n) is 2.73. The zero-order valence-electron chi connectivity index (χ0n) is 11.5. The van der Waals surface area contributed by atoms with Gasteiger partial charge < -0.3 is 0 Å². The van der Waals surface area contributed by atoms with E-state index in [1.54, 1.807) is 0 Å². The molecule has 24 heavy (non-hydrogen) atoms. The van der Waals surface area contributed by atoms with Crippen LogP contribution in [0.3, 0.4) is 0 Å². The minimum Gasteiger partial charge on any atom is -0.280 e. The minimum atomic E-state index is -4.94. The Bertz CT molecular complexity index is 879. The normalized spacial score (nSPS) is 13.5. The van der Waals surface area contributed by atoms with Crippen LogP contribution in [-0.2, 0) is 20.8 Å². The number of alkyl halides is 3. The molecule has 0 heterocycles. The molecule has 1 N–H and O–H groups in total. The van der Waals surface area contributed by atoms with E-state index in [4.69, 9.17) is 0 Å². The fourth-order valence-corrected chi connectivity index (χ4v) is 3.36. The topological polar surface area (TPSA) is 63.2 Å². The van der Waals surface area contributed by atoms with E-state index in [1.165, 1.54) is 0 Å². The van der Waals surface area contributed by atoms with Crippen LogP contribution in [0.4, 0.5) is 27.6 Å². The van der Waals surface area contributed by atoms with Crippen LogP contribution < -0.4 is 4.72 Å². The SMILES string of the molecule is O=S(c1ccc(NS(=O)(=O)c2ccc(F)c(F)c2)cc1)C(F)(F)F. The molecule has 4 nitrogen and oxygen atoms in total. The van der Waals surface area contributed by atoms with Crippen molar-refractivity contribution in [2.45, 2.75) is 15.3 Å². The second-order valence-corrected chi connectivity index (χ2v) is 7.57. The van der Waals surface area contributed by atoms with Crippen molar-refractivity contribution in [2.75, 3.05) is 4.72 Å². The van der Waals surface area contributed by atoms with E-state index in [0.717, 1.165) is 30.3 Å². The minimum absolute atomic E-state index is 0.136. The Morgan fingerprint density at radius 1 is 0.917 bits per heavy atom. The number of sulfonamides is 1. The fourth-order valence-electron chi connectivity index (χ4n) is 1.64. The van der Waals surface area contributed by atoms with Crippen LogP contribution in [0.15, 0.2) is 52.3 Å². The highest BCUT2D eigenvalue weighted by Crippen LogP contribution is 2.27. The smallest absolute Gasteiger partial charge is 0.280 e. The molecule has 2 rings (SSSR count). The van der Waals surface area contributed by atoms with Crippen LogP contribution in [0.5, 0.6) is 0 Å². The van der Waals surface area contributed by atoms with Crippen LogP contribution in [0, 0.1) is 11.6 Å². The van der Waals surface area contributed by atoms with Crippen molar-refractivity contribution >= 4 is 26.5 Å². The molecule has 0 bridgehead atoms. The summed E-state index contributed by atoms with van der Waals surface area (Å²) in [5.74, 6) is -2.60. The monoisotopic (exact) mass is 385 g/mol. The predicted octanol–water partition coefficient (Wildman–Crippen LogP) is 3.39. The Hall–Kier alpha value is -2.01. The summed E-state index contributed by atoms with van der Waals surface area (Å²) in [6, 6.07) is 5.53. The van der Waals surface area contributed by atoms with Crippen molar-refractivity contribution < 1.29 is 34.6 Å². The molecular weight excluding hydrogens is 377 g/mol. The lowest BCUT2D eigenvalue weighted by Gasteiger charge is -2.10. The van der Waals surface area contributed by atoms with Gasteiger partial charge in [-0.25, -0.2) is 21.4 Å². The second kappa shape index (κ2) is 6.48. The van der Waals surface area contributed by atoms with Crippen molar-refractivity contribution in [2.24, 2.45) is 0 Å². The highest BCUT2D eigenvalue weighted by molar-refractivity contribution is 7.92. The molecule has 0 aliphatic carbocycles. The lowest BCUT2D eigenvalue weighted by Crippen LogP contribution is -2.16. The van der Waals surface area contributed by atoms with Gasteiger partial charge >= 0.3 is 5.51 Å². The summed E-state index contributed by atoms with van der Waals surface area (Å²) in [4.78, 5) is -1.12. The Morgan fingerprint density at radius 2 is 1.50 bits per heavy atom. The molecule has 0 aliphatic heterocycles. The van der Waals surface area contributed by atoms with Crippen molar-refractivity contribution in [3.63, 3.8) is 0 Å². The maximum Gasteiger partial charge on any atom is 0.475 e. The van der Waals surface area contributed by atoms with Crippen molar-refractivity contribution in [1.82, 2.24) is 0 Å². The van der Waals surface area contributed by atoms with Crippen molar-refractivity contribution in [1.29, 1.82) is 0 Å². The van der Waals surface area contributed by atoms with E-state index in [9.17, 15) is 34.6 Å². The number of halogens is 5. The molecule has 0 saturated heterocycles. The zero-order chi connectivity index (χ0) is 18.1. The molecule has 0 aromatic heterocycles. The molecule has 0 fully saturated rings. The van der Waals surface area contributed by atoms with Crippen LogP contribution in [0.1, 0.15) is 0 Å². The number of hydrogen-bond acceptors (Lipinski definition) is 3. The Morgan fingerprint density at radius 3 is 2.00 bits per heavy atom. The Balaban J connectivity index is 2.24. The molecule has 1 atom stereocenters. The summed E-state index contributed by atoms with van der Waals surface area (Å²) in [6.45, 7) is 0. The first-order valence-electron chi connectivity index (χ1n) is 6.07. The third kappa shape index (κ3) is 4.09. The van der Waals surface area contributed by atoms with Gasteiger partial charge in [-0.05, 0) is 42.5 Å². The largest absolute Gasteiger partial charge is 0.475 e. The Kier molecular flexibility index (Phi) is 4.95. The highest BCUT2D eigenvalue weighted by atomic mass is 32.2. The molecule has 0 saturated carbocycles. The van der Waals surface area contributed by atoms with Gasteiger partial charge in [0.25, 0.3) is 10.0 Å². The molecule has 0 aliphatic rings. The van der Waals surface area contributed by atoms with E-state index in [2.05, 4.69) is 0 Å². The average molecular weight is 385 g/mol. The quantitative estimate of drug-likeness (QED) is 0.821. The van der Waals surface area contributed by atoms with Gasteiger partial charge in [0.05, 0.1) is 4.90 Å². The van der Waals surface area contributed by atoms with E-state index >= 15 is 0 Å². The number of rotatable bonds is 4. The van der Waals surface area contributed by atoms with Gasteiger partial charge in [0.1, 0.15) is 0 Å². The number of anilines is 1. The standard InChI is InChI=1S/C13H8F5NO3S2/c14-11-6-5-10(7-12(11)15)24(21,22)19-8-1-3-9(4-2-8)23(20)13(16,17)18/h1-7,19H. The predicted molar refractivity (Wildman–Crippen MR) is 76.1 cm³/mol. The lowest BCUT2D eigenvalue weighted by atomic mass is 10.3. The molecule has 130 valence electrons. The number of hydrogen-bond donors (Lipinski definition) is 1. The van der Waals surface area contributed by atoms with E-state index in [1.807, 2.05) is 4.72 Å². The first-order chi connectivity index (χ1) is 11.0. The molecule has 2 aromatic carbocycles. The summed E-state index contributed by atoms with van der Waals surface area (Å²) >= 11 is 0. The summed E-state index contributed by atoms with van der Waals surface area (Å²) in [5, 5.41) is 0. The van der Waals surface area contributed by atoms with E-state index in [0.29, 0.717) is 12.1 Å². The molecule has 0 spiro atoms. The highest BCUT2D eigenvalue weighted by Gasteiger charge is 2.37. The average Bonchev–Trinajstić information content (AvgIpc) is 2.48. The summed E-state index contributed by atoms with van der Waals surface area (Å²) in [6.07, 6.45) is 0. The zero-order valence-corrected chi connectivity index (χ0v) is 13.1. The van der Waals surface area contributed by atoms with E-state index < -0.39 is 47.8 Å². The van der Waals surface area contributed by atoms with Gasteiger partial charge in [0.2, 0.25) is 0 Å². The molecule has 11 heteroatoms. The first kappa shape index (κ1) is 18.3. The molecule has 0 amide bonds. The van der Waals surface area contributed by atoms with Gasteiger partial charge in [0.15, 0.2) is 22.4 Å². The molecule has 1 unspecified atom stereocenters. The maximum absolute atomic E-state index is 13.1. The fraction of sp³-hybridized carbons (Fsp3) is 0.0769. The van der Waals surface area contributed by atoms with Gasteiger partial charge in [-0.15, -0.1) is 0 Å². The van der Waals surface area contributed by atoms with Crippen LogP contribution in [0.25, 0.3) is 0 Å². The van der Waals surface area contributed by atoms with Gasteiger partial charge in [-0.2, -0.15) is 13.2 Å². The maximum atomic E-state index is 13.1. The number of nitrogens with one attached hydrogen (secondary N) is 1. The van der Waals surface area contributed by atoms with Crippen LogP contribution in [-0.4, -0.2) is 18.1 Å². The van der Waals surface area contributed by atoms with Crippen molar-refractivity contribution in [3.05, 3.63) is 54.1 Å². The summed E-state index contributed by atoms with van der Waals surface area (Å²) in [7, 11) is -7.51. The van der Waals surface area contributed by atoms with Gasteiger partial charge in [0, 0.05) is 10.6 Å². The summed E-state index contributed by atoms with van der Waals surface area (Å²) < 4.78 is 100.0. The third-order valence-corrected chi connectivity index (χ3v) is 5.23. The van der Waals surface area contributed by atoms with Crippen LogP contribution >= 0.6 is 0 Å². The molecule has 2 aromatic rings. The van der Waals surface area contributed by atoms with E-state index in [-0.39, 0.29) is 5.69 Å². The number of benzene rings is 2. The molecule has 0 radical (unpaired) electrons. The Labute approximate surface area is 135 Å². The first-order valence-corrected chi connectivity index (χ1v) is 8.70. The van der Waals surface area contributed by atoms with Gasteiger partial charge in [-0.3, -0.25) is 4.72 Å². The molecular formula is C13H8F5NO3S2. The summed E-state index contributed by atoms with van der Waals surface area (Å²) in [5.41, 5.74) is -5.07. The van der Waals surface area contributed by atoms with Gasteiger partial charge in [-0.1, -0.05) is 0 Å².